The van der Waals surface area contributed by atoms with Gasteiger partial charge in [0.05, 0.1) is 5.56 Å². The normalized spacial score (nSPS) is 11.4. The highest BCUT2D eigenvalue weighted by Crippen LogP contribution is 2.19. The molecule has 0 saturated carbocycles. The third-order valence-corrected chi connectivity index (χ3v) is 2.76. The lowest BCUT2D eigenvalue weighted by Gasteiger charge is -2.19. The van der Waals surface area contributed by atoms with E-state index in [0.717, 1.165) is 4.90 Å². The van der Waals surface area contributed by atoms with E-state index in [1.54, 1.807) is 18.2 Å². The van der Waals surface area contributed by atoms with E-state index in [9.17, 15) is 4.79 Å². The van der Waals surface area contributed by atoms with Gasteiger partial charge >= 0.3 is 5.97 Å². The van der Waals surface area contributed by atoms with E-state index in [1.165, 1.54) is 11.9 Å². The first kappa shape index (κ1) is 12.1. The first-order valence-electron chi connectivity index (χ1n) is 4.66. The predicted octanol–water partition coefficient (Wildman–Crippen LogP) is 2.78. The number of carboxylic acid groups (broad SMARTS) is 1. The third-order valence-electron chi connectivity index (χ3n) is 1.56. The third kappa shape index (κ3) is 4.36. The number of hydrogen-bond donors (Lipinski definition) is 2. The molecule has 0 spiro atoms. The lowest BCUT2D eigenvalue weighted by Crippen LogP contribution is -2.29. The van der Waals surface area contributed by atoms with Crippen molar-refractivity contribution in [2.75, 3.05) is 0 Å². The van der Waals surface area contributed by atoms with Crippen LogP contribution in [0.1, 0.15) is 31.1 Å². The molecule has 0 amide bonds. The number of carboxylic acids is 1. The molecule has 2 N–H and O–H groups in total. The van der Waals surface area contributed by atoms with Gasteiger partial charge in [-0.1, -0.05) is 6.07 Å². The van der Waals surface area contributed by atoms with Crippen molar-refractivity contribution in [3.8, 4) is 0 Å². The van der Waals surface area contributed by atoms with Crippen molar-refractivity contribution in [3.05, 3.63) is 29.8 Å². The molecule has 0 heterocycles. The van der Waals surface area contributed by atoms with E-state index >= 15 is 0 Å². The Kier molecular flexibility index (Phi) is 3.77. The van der Waals surface area contributed by atoms with Crippen molar-refractivity contribution in [2.45, 2.75) is 31.2 Å². The van der Waals surface area contributed by atoms with Gasteiger partial charge in [-0.2, -0.15) is 0 Å². The minimum atomic E-state index is -0.895. The Morgan fingerprint density at radius 2 is 2.07 bits per heavy atom. The monoisotopic (exact) mass is 225 g/mol. The van der Waals surface area contributed by atoms with Crippen molar-refractivity contribution in [3.63, 3.8) is 0 Å². The number of aromatic carboxylic acids is 1. The molecule has 15 heavy (non-hydrogen) atoms. The average molecular weight is 225 g/mol. The molecule has 4 heteroatoms. The van der Waals surface area contributed by atoms with E-state index in [2.05, 4.69) is 25.5 Å². The number of carbonyl (C=O) groups is 1. The van der Waals surface area contributed by atoms with Gasteiger partial charge in [0.2, 0.25) is 0 Å². The second kappa shape index (κ2) is 4.68. The second-order valence-corrected chi connectivity index (χ2v) is 5.17. The minimum absolute atomic E-state index is 0.00386. The van der Waals surface area contributed by atoms with E-state index in [0.29, 0.717) is 5.56 Å². The summed E-state index contributed by atoms with van der Waals surface area (Å²) < 4.78 is 3.23. The fraction of sp³-hybridized carbons (Fsp3) is 0.364. The summed E-state index contributed by atoms with van der Waals surface area (Å²) in [5.41, 5.74) is 0.319. The van der Waals surface area contributed by atoms with Gasteiger partial charge in [0, 0.05) is 10.4 Å². The van der Waals surface area contributed by atoms with Crippen LogP contribution in [0.5, 0.6) is 0 Å². The quantitative estimate of drug-likeness (QED) is 0.777. The van der Waals surface area contributed by atoms with Crippen LogP contribution in [0.15, 0.2) is 29.2 Å². The highest BCUT2D eigenvalue weighted by Gasteiger charge is 2.10. The standard InChI is InChI=1S/C11H15NO2S/c1-11(2,3)12-15-9-6-4-5-8(7-9)10(13)14/h4-7,12H,1-3H3,(H,13,14). The summed E-state index contributed by atoms with van der Waals surface area (Å²) in [7, 11) is 0. The molecule has 0 aliphatic rings. The summed E-state index contributed by atoms with van der Waals surface area (Å²) in [4.78, 5) is 11.6. The summed E-state index contributed by atoms with van der Waals surface area (Å²) in [5.74, 6) is -0.895. The molecule has 0 aliphatic carbocycles. The van der Waals surface area contributed by atoms with Crippen LogP contribution < -0.4 is 4.72 Å². The molecule has 0 aliphatic heterocycles. The van der Waals surface area contributed by atoms with Gasteiger partial charge in [0.25, 0.3) is 0 Å². The first-order valence-corrected chi connectivity index (χ1v) is 5.47. The van der Waals surface area contributed by atoms with Crippen molar-refractivity contribution < 1.29 is 9.90 Å². The van der Waals surface area contributed by atoms with Crippen molar-refractivity contribution in [1.29, 1.82) is 0 Å². The molecule has 0 unspecified atom stereocenters. The van der Waals surface area contributed by atoms with Crippen molar-refractivity contribution in [1.82, 2.24) is 4.72 Å². The van der Waals surface area contributed by atoms with E-state index in [4.69, 9.17) is 5.11 Å². The lowest BCUT2D eigenvalue weighted by atomic mass is 10.1. The second-order valence-electron chi connectivity index (χ2n) is 4.29. The highest BCUT2D eigenvalue weighted by molar-refractivity contribution is 7.97. The number of benzene rings is 1. The molecular weight excluding hydrogens is 210 g/mol. The Bertz CT molecular complexity index is 358. The van der Waals surface area contributed by atoms with E-state index < -0.39 is 5.97 Å². The first-order chi connectivity index (χ1) is 6.88. The largest absolute Gasteiger partial charge is 0.478 e. The topological polar surface area (TPSA) is 49.3 Å². The molecule has 82 valence electrons. The maximum atomic E-state index is 10.7. The summed E-state index contributed by atoms with van der Waals surface area (Å²) in [5, 5.41) is 8.81. The Morgan fingerprint density at radius 1 is 1.40 bits per heavy atom. The van der Waals surface area contributed by atoms with Crippen LogP contribution in [0.2, 0.25) is 0 Å². The molecule has 0 bridgehead atoms. The van der Waals surface area contributed by atoms with E-state index in [-0.39, 0.29) is 5.54 Å². The summed E-state index contributed by atoms with van der Waals surface area (Å²) >= 11 is 1.45. The molecule has 3 nitrogen and oxygen atoms in total. The maximum absolute atomic E-state index is 10.7. The zero-order chi connectivity index (χ0) is 11.5. The van der Waals surface area contributed by atoms with Crippen LogP contribution in [0.25, 0.3) is 0 Å². The molecule has 0 radical (unpaired) electrons. The Morgan fingerprint density at radius 3 is 2.60 bits per heavy atom. The Hall–Kier alpha value is -1.00. The number of hydrogen-bond acceptors (Lipinski definition) is 3. The number of rotatable bonds is 3. The highest BCUT2D eigenvalue weighted by atomic mass is 32.2. The molecule has 1 aromatic carbocycles. The summed E-state index contributed by atoms with van der Waals surface area (Å²) in [6.45, 7) is 6.17. The number of nitrogens with one attached hydrogen (secondary N) is 1. The van der Waals surface area contributed by atoms with Gasteiger partial charge in [-0.3, -0.25) is 4.72 Å². The summed E-state index contributed by atoms with van der Waals surface area (Å²) in [6.07, 6.45) is 0. The fourth-order valence-corrected chi connectivity index (χ4v) is 1.66. The van der Waals surface area contributed by atoms with Gasteiger partial charge in [-0.15, -0.1) is 0 Å². The predicted molar refractivity (Wildman–Crippen MR) is 62.1 cm³/mol. The SMILES string of the molecule is CC(C)(C)NSc1cccc(C(=O)O)c1. The molecule has 0 fully saturated rings. The van der Waals surface area contributed by atoms with Crippen LogP contribution in [0, 0.1) is 0 Å². The van der Waals surface area contributed by atoms with Gasteiger partial charge in [0.15, 0.2) is 0 Å². The minimum Gasteiger partial charge on any atom is -0.478 e. The van der Waals surface area contributed by atoms with E-state index in [1.807, 2.05) is 6.07 Å². The summed E-state index contributed by atoms with van der Waals surface area (Å²) in [6, 6.07) is 6.88. The fourth-order valence-electron chi connectivity index (χ4n) is 0.905. The Labute approximate surface area is 94.0 Å². The van der Waals surface area contributed by atoms with Gasteiger partial charge in [0.1, 0.15) is 0 Å². The smallest absolute Gasteiger partial charge is 0.335 e. The Balaban J connectivity index is 2.70. The van der Waals surface area contributed by atoms with Crippen LogP contribution in [-0.2, 0) is 0 Å². The molecular formula is C11H15NO2S. The van der Waals surface area contributed by atoms with Crippen LogP contribution in [-0.4, -0.2) is 16.6 Å². The molecule has 0 aromatic heterocycles. The zero-order valence-corrected chi connectivity index (χ0v) is 9.89. The lowest BCUT2D eigenvalue weighted by molar-refractivity contribution is 0.0696. The zero-order valence-electron chi connectivity index (χ0n) is 9.07. The van der Waals surface area contributed by atoms with Crippen molar-refractivity contribution >= 4 is 17.9 Å². The van der Waals surface area contributed by atoms with Gasteiger partial charge < -0.3 is 5.11 Å². The van der Waals surface area contributed by atoms with Gasteiger partial charge in [-0.05, 0) is 50.9 Å². The molecule has 0 saturated heterocycles. The average Bonchev–Trinajstić information content (AvgIpc) is 2.14. The van der Waals surface area contributed by atoms with Crippen LogP contribution in [0.3, 0.4) is 0 Å². The van der Waals surface area contributed by atoms with Crippen LogP contribution in [0.4, 0.5) is 0 Å². The maximum Gasteiger partial charge on any atom is 0.335 e. The van der Waals surface area contributed by atoms with Crippen molar-refractivity contribution in [2.24, 2.45) is 0 Å². The molecule has 1 rings (SSSR count). The van der Waals surface area contributed by atoms with Gasteiger partial charge in [-0.25, -0.2) is 4.79 Å². The van der Waals surface area contributed by atoms with Crippen LogP contribution >= 0.6 is 11.9 Å². The molecule has 0 atom stereocenters. The molecule has 1 aromatic rings.